The molecule has 1 unspecified atom stereocenters. The van der Waals surface area contributed by atoms with Crippen LogP contribution in [0, 0.1) is 6.92 Å². The minimum absolute atomic E-state index is 0.229. The first-order chi connectivity index (χ1) is 8.93. The number of aryl methyl sites for hydroxylation is 2. The van der Waals surface area contributed by atoms with Gasteiger partial charge in [-0.3, -0.25) is 24.5 Å². The molecule has 1 aliphatic heterocycles. The number of halogens is 1. The second-order valence-electron chi connectivity index (χ2n) is 4.66. The number of rotatable bonds is 3. The molecule has 1 atom stereocenters. The Hall–Kier alpha value is -1.21. The zero-order valence-corrected chi connectivity index (χ0v) is 12.8. The van der Waals surface area contributed by atoms with Crippen LogP contribution in [0.15, 0.2) is 4.47 Å². The molecule has 6 nitrogen and oxygen atoms in total. The number of nitrogens with one attached hydrogen (secondary N) is 1. The monoisotopic (exact) mass is 328 g/mol. The summed E-state index contributed by atoms with van der Waals surface area (Å²) in [5.74, 6) is -0.495. The zero-order valence-electron chi connectivity index (χ0n) is 11.2. The Morgan fingerprint density at radius 1 is 1.47 bits per heavy atom. The van der Waals surface area contributed by atoms with Crippen molar-refractivity contribution < 1.29 is 9.59 Å². The normalized spacial score (nSPS) is 20.7. The first-order valence-electron chi connectivity index (χ1n) is 6.23. The lowest BCUT2D eigenvalue weighted by Gasteiger charge is -2.31. The fourth-order valence-corrected chi connectivity index (χ4v) is 2.58. The van der Waals surface area contributed by atoms with Crippen molar-refractivity contribution >= 4 is 27.7 Å². The van der Waals surface area contributed by atoms with Gasteiger partial charge in [-0.2, -0.15) is 5.10 Å². The highest BCUT2D eigenvalue weighted by Gasteiger charge is 2.31. The van der Waals surface area contributed by atoms with E-state index in [9.17, 15) is 9.59 Å². The molecule has 104 valence electrons. The summed E-state index contributed by atoms with van der Waals surface area (Å²) in [5, 5.41) is 6.75. The molecule has 0 aromatic carbocycles. The smallest absolute Gasteiger partial charge is 0.243 e. The Bertz CT molecular complexity index is 526. The van der Waals surface area contributed by atoms with Gasteiger partial charge in [-0.15, -0.1) is 0 Å². The molecule has 1 aliphatic rings. The number of hydrogen-bond donors (Lipinski definition) is 1. The van der Waals surface area contributed by atoms with E-state index < -0.39 is 0 Å². The van der Waals surface area contributed by atoms with Gasteiger partial charge in [0.25, 0.3) is 0 Å². The summed E-state index contributed by atoms with van der Waals surface area (Å²) >= 11 is 3.52. The van der Waals surface area contributed by atoms with Crippen molar-refractivity contribution in [1.82, 2.24) is 20.0 Å². The van der Waals surface area contributed by atoms with Crippen molar-refractivity contribution in [3.05, 3.63) is 15.9 Å². The van der Waals surface area contributed by atoms with Crippen LogP contribution in [0.3, 0.4) is 0 Å². The SMILES string of the molecule is CCn1nc(C)c(Br)c1CN1CC(=O)NC(=O)C1C. The number of carbonyl (C=O) groups is 2. The fourth-order valence-electron chi connectivity index (χ4n) is 2.17. The lowest BCUT2D eigenvalue weighted by atomic mass is 10.2. The number of imide groups is 1. The third-order valence-corrected chi connectivity index (χ3v) is 4.37. The molecule has 0 saturated carbocycles. The lowest BCUT2D eigenvalue weighted by molar-refractivity contribution is -0.139. The van der Waals surface area contributed by atoms with E-state index in [0.717, 1.165) is 22.4 Å². The maximum absolute atomic E-state index is 11.6. The molecule has 7 heteroatoms. The molecule has 2 rings (SSSR count). The summed E-state index contributed by atoms with van der Waals surface area (Å²) in [6, 6.07) is -0.315. The van der Waals surface area contributed by atoms with Gasteiger partial charge in [-0.05, 0) is 36.7 Å². The summed E-state index contributed by atoms with van der Waals surface area (Å²) < 4.78 is 2.84. The first-order valence-corrected chi connectivity index (χ1v) is 7.02. The summed E-state index contributed by atoms with van der Waals surface area (Å²) in [6.45, 7) is 7.25. The molecule has 2 heterocycles. The Morgan fingerprint density at radius 2 is 2.16 bits per heavy atom. The molecule has 0 radical (unpaired) electrons. The van der Waals surface area contributed by atoms with Gasteiger partial charge >= 0.3 is 0 Å². The third kappa shape index (κ3) is 2.71. The third-order valence-electron chi connectivity index (χ3n) is 3.34. The van der Waals surface area contributed by atoms with Crippen molar-refractivity contribution in [3.8, 4) is 0 Å². The van der Waals surface area contributed by atoms with Gasteiger partial charge in [0.05, 0.1) is 28.4 Å². The van der Waals surface area contributed by atoms with Gasteiger partial charge in [0, 0.05) is 13.1 Å². The topological polar surface area (TPSA) is 67.2 Å². The maximum atomic E-state index is 11.6. The molecule has 0 spiro atoms. The standard InChI is InChI=1S/C12H17BrN4O2/c1-4-17-9(11(13)7(2)15-17)5-16-6-10(18)14-12(19)8(16)3/h8H,4-6H2,1-3H3,(H,14,18,19). The van der Waals surface area contributed by atoms with Crippen LogP contribution in [0.4, 0.5) is 0 Å². The molecule has 1 fully saturated rings. The van der Waals surface area contributed by atoms with Gasteiger partial charge in [0.1, 0.15) is 0 Å². The second-order valence-corrected chi connectivity index (χ2v) is 5.45. The van der Waals surface area contributed by atoms with E-state index in [4.69, 9.17) is 0 Å². The molecule has 0 bridgehead atoms. The molecule has 1 aromatic rings. The summed E-state index contributed by atoms with van der Waals surface area (Å²) in [6.07, 6.45) is 0. The summed E-state index contributed by atoms with van der Waals surface area (Å²) in [5.41, 5.74) is 1.91. The van der Waals surface area contributed by atoms with Crippen LogP contribution in [0.25, 0.3) is 0 Å². The van der Waals surface area contributed by atoms with E-state index in [1.165, 1.54) is 0 Å². The largest absolute Gasteiger partial charge is 0.294 e. The van der Waals surface area contributed by atoms with Crippen molar-refractivity contribution in [2.75, 3.05) is 6.54 Å². The van der Waals surface area contributed by atoms with E-state index in [1.807, 2.05) is 23.4 Å². The second kappa shape index (κ2) is 5.42. The van der Waals surface area contributed by atoms with E-state index in [2.05, 4.69) is 26.3 Å². The van der Waals surface area contributed by atoms with E-state index in [1.54, 1.807) is 6.92 Å². The number of carbonyl (C=O) groups excluding carboxylic acids is 2. The number of piperazine rings is 1. The van der Waals surface area contributed by atoms with Gasteiger partial charge in [-0.1, -0.05) is 0 Å². The predicted octanol–water partition coefficient (Wildman–Crippen LogP) is 0.821. The van der Waals surface area contributed by atoms with E-state index >= 15 is 0 Å². The Kier molecular flexibility index (Phi) is 4.05. The number of nitrogens with zero attached hydrogens (tertiary/aromatic N) is 3. The van der Waals surface area contributed by atoms with Gasteiger partial charge in [0.2, 0.25) is 11.8 Å². The number of aromatic nitrogens is 2. The van der Waals surface area contributed by atoms with Crippen LogP contribution in [0.5, 0.6) is 0 Å². The fraction of sp³-hybridized carbons (Fsp3) is 0.583. The molecule has 0 aliphatic carbocycles. The van der Waals surface area contributed by atoms with E-state index in [0.29, 0.717) is 6.54 Å². The van der Waals surface area contributed by atoms with Crippen LogP contribution in [0.1, 0.15) is 25.2 Å². The van der Waals surface area contributed by atoms with Gasteiger partial charge in [-0.25, -0.2) is 0 Å². The Labute approximate surface area is 120 Å². The predicted molar refractivity (Wildman–Crippen MR) is 73.4 cm³/mol. The molecular formula is C12H17BrN4O2. The highest BCUT2D eigenvalue weighted by molar-refractivity contribution is 9.10. The summed E-state index contributed by atoms with van der Waals surface area (Å²) in [4.78, 5) is 25.0. The van der Waals surface area contributed by atoms with Crippen LogP contribution in [0.2, 0.25) is 0 Å². The van der Waals surface area contributed by atoms with Crippen molar-refractivity contribution in [1.29, 1.82) is 0 Å². The minimum atomic E-state index is -0.315. The number of amides is 2. The average Bonchev–Trinajstić information content (AvgIpc) is 2.63. The molecule has 19 heavy (non-hydrogen) atoms. The van der Waals surface area contributed by atoms with E-state index in [-0.39, 0.29) is 24.4 Å². The first kappa shape index (κ1) is 14.2. The Morgan fingerprint density at radius 3 is 2.79 bits per heavy atom. The quantitative estimate of drug-likeness (QED) is 0.834. The molecule has 1 N–H and O–H groups in total. The minimum Gasteiger partial charge on any atom is -0.294 e. The highest BCUT2D eigenvalue weighted by Crippen LogP contribution is 2.23. The average molecular weight is 329 g/mol. The van der Waals surface area contributed by atoms with Crippen LogP contribution in [-0.4, -0.2) is 39.1 Å². The summed E-state index contributed by atoms with van der Waals surface area (Å²) in [7, 11) is 0. The van der Waals surface area contributed by atoms with Gasteiger partial charge < -0.3 is 0 Å². The van der Waals surface area contributed by atoms with Crippen molar-refractivity contribution in [3.63, 3.8) is 0 Å². The van der Waals surface area contributed by atoms with Crippen molar-refractivity contribution in [2.45, 2.75) is 39.9 Å². The zero-order chi connectivity index (χ0) is 14.2. The molecular weight excluding hydrogens is 312 g/mol. The molecule has 2 amide bonds. The molecule has 1 saturated heterocycles. The molecule has 1 aromatic heterocycles. The van der Waals surface area contributed by atoms with Crippen molar-refractivity contribution in [2.24, 2.45) is 0 Å². The number of hydrogen-bond acceptors (Lipinski definition) is 4. The Balaban J connectivity index is 2.25. The van der Waals surface area contributed by atoms with Crippen LogP contribution in [-0.2, 0) is 22.7 Å². The van der Waals surface area contributed by atoms with Crippen LogP contribution < -0.4 is 5.32 Å². The maximum Gasteiger partial charge on any atom is 0.243 e. The highest BCUT2D eigenvalue weighted by atomic mass is 79.9. The lowest BCUT2D eigenvalue weighted by Crippen LogP contribution is -2.56. The van der Waals surface area contributed by atoms with Gasteiger partial charge in [0.15, 0.2) is 0 Å². The van der Waals surface area contributed by atoms with Crippen LogP contribution >= 0.6 is 15.9 Å².